The Labute approximate surface area is 301 Å². The number of rotatable bonds is 10. The minimum absolute atomic E-state index is 0. The molecule has 3 rings (SSSR count). The molecule has 11 heteroatoms. The van der Waals surface area contributed by atoms with Gasteiger partial charge in [0.05, 0.1) is 30.8 Å². The Morgan fingerprint density at radius 1 is 1.26 bits per heavy atom. The molecule has 10 atom stereocenters. The Kier molecular flexibility index (Phi) is 12.6. The lowest BCUT2D eigenvalue weighted by molar-refractivity contribution is -0.158. The highest BCUT2D eigenvalue weighted by Crippen LogP contribution is 2.36. The van der Waals surface area contributed by atoms with Gasteiger partial charge in [-0.15, -0.1) is 0 Å². The SMILES string of the molecule is C.CC[C@H](O)[C@@H](C)[C@H]1O[C@@H]1C[C@H](C)/C=C/C=C(\C)[C@H]1OC(=O)C[C@H](O)CC[C@@](C)(OC(=O)N2CCNCC2)[C@@H](OC(C)=O)/C=C/[C@@H]1C.[2HH].[2H][2H].[2H][2H].[2H][2H].[2H][2H].[2H][2H].[2H][2H]. The van der Waals surface area contributed by atoms with E-state index in [1.165, 1.54) is 6.92 Å². The van der Waals surface area contributed by atoms with Crippen LogP contribution in [0.3, 0.4) is 0 Å². The highest BCUT2D eigenvalue weighted by Gasteiger charge is 2.45. The molecule has 11 nitrogen and oxygen atoms in total. The van der Waals surface area contributed by atoms with Crippen molar-refractivity contribution in [3.8, 4) is 0 Å². The summed E-state index contributed by atoms with van der Waals surface area (Å²) in [6.07, 6.45) is 7.82. The Balaban J connectivity index is -0.000000477. The largest absolute Gasteiger partial charge is 0.457 e. The lowest BCUT2D eigenvalue weighted by atomic mass is 9.88. The summed E-state index contributed by atoms with van der Waals surface area (Å²) in [5.74, 6) is -1.05. The molecule has 0 aromatic rings. The number of epoxide rings is 1. The molecule has 282 valence electrons. The molecule has 1 amide bonds. The number of nitrogens with one attached hydrogen (secondary N) is 1. The molecule has 0 spiro atoms. The van der Waals surface area contributed by atoms with Crippen molar-refractivity contribution in [2.45, 2.75) is 130 Å². The smallest absolute Gasteiger partial charge is 0.410 e. The quantitative estimate of drug-likeness (QED) is 0.0770. The monoisotopic (exact) mass is 692 g/mol. The average molecular weight is 692 g/mol. The van der Waals surface area contributed by atoms with Crippen molar-refractivity contribution < 1.29 is 62.8 Å². The molecule has 3 N–H and O–H groups in total. The number of piperazine rings is 1. The fourth-order valence-corrected chi connectivity index (χ4v) is 6.17. The van der Waals surface area contributed by atoms with E-state index < -0.39 is 41.9 Å². The first-order valence-electron chi connectivity index (χ1n) is 22.8. The van der Waals surface area contributed by atoms with E-state index >= 15 is 0 Å². The summed E-state index contributed by atoms with van der Waals surface area (Å²) in [4.78, 5) is 39.9. The maximum absolute atomic E-state index is 13.2. The van der Waals surface area contributed by atoms with Crippen LogP contribution in [0.1, 0.15) is 107 Å². The van der Waals surface area contributed by atoms with E-state index in [4.69, 9.17) is 36.8 Å². The van der Waals surface area contributed by atoms with E-state index in [1.807, 2.05) is 45.9 Å². The molecule has 3 aliphatic rings. The van der Waals surface area contributed by atoms with Crippen LogP contribution in [-0.2, 0) is 28.5 Å². The number of carbonyl (C=O) groups is 3. The van der Waals surface area contributed by atoms with Gasteiger partial charge in [0.25, 0.3) is 0 Å². The number of esters is 2. The number of allylic oxidation sites excluding steroid dienone is 3. The zero-order chi connectivity index (χ0) is 46.0. The highest BCUT2D eigenvalue weighted by atomic mass is 16.6. The third kappa shape index (κ3) is 12.3. The summed E-state index contributed by atoms with van der Waals surface area (Å²) in [6.45, 7) is 15.2. The number of amides is 1. The summed E-state index contributed by atoms with van der Waals surface area (Å²) in [7, 11) is 0. The van der Waals surface area contributed by atoms with E-state index in [2.05, 4.69) is 18.3 Å². The third-order valence-corrected chi connectivity index (χ3v) is 9.31. The number of nitrogens with zero attached hydrogens (tertiary/aromatic N) is 1. The topological polar surface area (TPSA) is 147 Å². The van der Waals surface area contributed by atoms with Crippen molar-refractivity contribution in [2.75, 3.05) is 26.2 Å². The predicted octanol–water partition coefficient (Wildman–Crippen LogP) is 6.43. The van der Waals surface area contributed by atoms with E-state index in [1.54, 1.807) is 17.9 Å². The van der Waals surface area contributed by atoms with Crippen LogP contribution in [0.2, 0.25) is 0 Å². The Hall–Kier alpha value is -2.73. The average Bonchev–Trinajstić information content (AvgIpc) is 4.02. The van der Waals surface area contributed by atoms with Gasteiger partial charge < -0.3 is 39.4 Å². The van der Waals surface area contributed by atoms with Crippen LogP contribution in [0.4, 0.5) is 4.79 Å². The number of aliphatic hydroxyl groups excluding tert-OH is 2. The number of carbonyl (C=O) groups excluding carboxylic acids is 3. The molecule has 0 unspecified atom stereocenters. The summed E-state index contributed by atoms with van der Waals surface area (Å²) in [5, 5.41) is 24.1. The molecule has 0 saturated carbocycles. The molecule has 3 aliphatic heterocycles. The summed E-state index contributed by atoms with van der Waals surface area (Å²) < 4.78 is 83.4. The van der Waals surface area contributed by atoms with Crippen molar-refractivity contribution in [1.82, 2.24) is 10.2 Å². The Morgan fingerprint density at radius 3 is 2.57 bits per heavy atom. The first-order valence-corrected chi connectivity index (χ1v) is 16.8. The highest BCUT2D eigenvalue weighted by molar-refractivity contribution is 5.71. The molecule has 3 heterocycles. The van der Waals surface area contributed by atoms with Gasteiger partial charge in [-0.2, -0.15) is 0 Å². The predicted molar refractivity (Wildman–Crippen MR) is 195 cm³/mol. The molecular formula is C36H74N2O9. The fraction of sp³-hybridized carbons (Fsp3) is 0.750. The van der Waals surface area contributed by atoms with Crippen LogP contribution < -0.4 is 5.32 Å². The van der Waals surface area contributed by atoms with Gasteiger partial charge in [-0.1, -0.05) is 59.4 Å². The maximum atomic E-state index is 13.2. The van der Waals surface area contributed by atoms with Crippen molar-refractivity contribution >= 4 is 18.0 Å². The number of aliphatic hydroxyl groups is 2. The molecule has 0 bridgehead atoms. The van der Waals surface area contributed by atoms with E-state index in [0.717, 1.165) is 12.0 Å². The number of hydrogen-bond acceptors (Lipinski definition) is 10. The maximum Gasteiger partial charge on any atom is 0.410 e. The molecule has 0 aliphatic carbocycles. The summed E-state index contributed by atoms with van der Waals surface area (Å²) in [6, 6.07) is 0. The number of hydrogen-bond donors (Lipinski definition) is 3. The van der Waals surface area contributed by atoms with Gasteiger partial charge in [-0.25, -0.2) is 4.79 Å². The zero-order valence-corrected chi connectivity index (χ0v) is 28.6. The Morgan fingerprint density at radius 2 is 1.94 bits per heavy atom. The second-order valence-electron chi connectivity index (χ2n) is 13.5. The van der Waals surface area contributed by atoms with Gasteiger partial charge in [-0.3, -0.25) is 9.59 Å². The van der Waals surface area contributed by atoms with Crippen molar-refractivity contribution in [3.05, 3.63) is 36.0 Å². The van der Waals surface area contributed by atoms with Gasteiger partial charge in [0.2, 0.25) is 0 Å². The molecule has 0 aromatic heterocycles. The lowest BCUT2D eigenvalue weighted by Crippen LogP contribution is -2.52. The first-order chi connectivity index (χ1) is 27.7. The summed E-state index contributed by atoms with van der Waals surface area (Å²) in [5.41, 5.74) is -0.484. The molecule has 2 saturated heterocycles. The van der Waals surface area contributed by atoms with Gasteiger partial charge in [0.15, 0.2) is 11.7 Å². The fourth-order valence-electron chi connectivity index (χ4n) is 6.17. The standard InChI is InChI=1S/C35H56N2O9.CH4.7H2/c1-8-28(40)25(5)33-29(44-33)20-22(2)10-9-11-23(3)32-24(4)12-13-30(43-26(6)38)35(7,15-14-27(39)21-31(41)45-32)46-34(42)37-18-16-36-17-19-37;;;;;;;;/h9-13,22,24-25,27-30,32-33,36,39-40H,8,14-21H2,1-7H3;1H4;7*1H/b10-9+,13-12+,23-11+;;;;;;;;/t22-,24+,25-,27-,28+,29-,30+,32-,33-,35-;;;;;;;;/m1......../s1/i;;6*1+1D;1+1. The van der Waals surface area contributed by atoms with Gasteiger partial charge in [0, 0.05) is 64.2 Å². The van der Waals surface area contributed by atoms with Crippen LogP contribution in [0.5, 0.6) is 0 Å². The van der Waals surface area contributed by atoms with Gasteiger partial charge in [-0.05, 0) is 57.1 Å². The zero-order valence-electron chi connectivity index (χ0n) is 40.6. The van der Waals surface area contributed by atoms with Crippen molar-refractivity contribution in [1.29, 1.82) is 0 Å². The lowest BCUT2D eigenvalue weighted by Gasteiger charge is -2.38. The van der Waals surface area contributed by atoms with E-state index in [9.17, 15) is 24.6 Å². The summed E-state index contributed by atoms with van der Waals surface area (Å²) >= 11 is 0. The Bertz CT molecular complexity index is 1160. The normalized spacial score (nSPS) is 34.3. The molecule has 47 heavy (non-hydrogen) atoms. The van der Waals surface area contributed by atoms with Crippen LogP contribution in [0, 0.1) is 17.8 Å². The van der Waals surface area contributed by atoms with E-state index in [0.29, 0.717) is 32.6 Å². The van der Waals surface area contributed by atoms with Crippen LogP contribution in [0.25, 0.3) is 0 Å². The van der Waals surface area contributed by atoms with Crippen molar-refractivity contribution in [3.63, 3.8) is 0 Å². The molecule has 0 aromatic carbocycles. The van der Waals surface area contributed by atoms with Gasteiger partial charge >= 0.3 is 18.0 Å². The van der Waals surface area contributed by atoms with Gasteiger partial charge in [0.1, 0.15) is 6.10 Å². The van der Waals surface area contributed by atoms with Crippen LogP contribution in [-0.4, -0.2) is 102 Å². The molecular weight excluding hydrogens is 604 g/mol. The number of ether oxygens (including phenoxy) is 4. The van der Waals surface area contributed by atoms with E-state index in [-0.39, 0.29) is 64.2 Å². The first kappa shape index (κ1) is 31.5. The molecule has 2 fully saturated rings. The van der Waals surface area contributed by atoms with Crippen LogP contribution >= 0.6 is 0 Å². The van der Waals surface area contributed by atoms with Crippen LogP contribution in [0.15, 0.2) is 36.0 Å². The third-order valence-electron chi connectivity index (χ3n) is 9.31. The minimum atomic E-state index is -1.29. The number of cyclic esters (lactones) is 1. The van der Waals surface area contributed by atoms with Crippen molar-refractivity contribution in [2.24, 2.45) is 17.8 Å². The second-order valence-corrected chi connectivity index (χ2v) is 13.5. The minimum Gasteiger partial charge on any atom is -0.457 e. The molecule has 0 radical (unpaired) electrons. The second kappa shape index (κ2) is 18.7.